The number of hydrogen-bond donors (Lipinski definition) is 1. The standard InChI is InChI=1S/C16H13FN2O4/c17-12-6-5-10(9-14(12)19(21)22)16(20)18-13-7-8-23-15-4-2-1-3-11(13)15/h1-6,9,13H,7-8H2,(H,18,20)/t13-/m0/s1. The first kappa shape index (κ1) is 15.0. The van der Waals surface area contributed by atoms with Crippen LogP contribution in [0, 0.1) is 15.9 Å². The van der Waals surface area contributed by atoms with Crippen molar-refractivity contribution in [2.24, 2.45) is 0 Å². The first-order chi connectivity index (χ1) is 11.1. The molecule has 1 heterocycles. The van der Waals surface area contributed by atoms with Gasteiger partial charge in [-0.1, -0.05) is 18.2 Å². The van der Waals surface area contributed by atoms with Crippen LogP contribution in [0.1, 0.15) is 28.4 Å². The Morgan fingerprint density at radius 2 is 2.09 bits per heavy atom. The molecule has 1 aliphatic rings. The van der Waals surface area contributed by atoms with E-state index in [0.29, 0.717) is 18.8 Å². The van der Waals surface area contributed by atoms with Gasteiger partial charge in [0.25, 0.3) is 5.91 Å². The van der Waals surface area contributed by atoms with E-state index in [9.17, 15) is 19.3 Å². The molecule has 1 atom stereocenters. The average molecular weight is 316 g/mol. The predicted octanol–water partition coefficient (Wildman–Crippen LogP) is 2.99. The number of nitro groups is 1. The van der Waals surface area contributed by atoms with Crippen LogP contribution in [-0.4, -0.2) is 17.4 Å². The molecule has 3 rings (SSSR count). The maximum atomic E-state index is 13.3. The van der Waals surface area contributed by atoms with Gasteiger partial charge in [-0.25, -0.2) is 0 Å². The summed E-state index contributed by atoms with van der Waals surface area (Å²) in [5.74, 6) is -0.757. The van der Waals surface area contributed by atoms with Gasteiger partial charge in [-0.05, 0) is 18.2 Å². The number of ether oxygens (including phenoxy) is 1. The number of rotatable bonds is 3. The molecule has 0 bridgehead atoms. The summed E-state index contributed by atoms with van der Waals surface area (Å²) in [6.07, 6.45) is 0.589. The molecule has 2 aromatic rings. The van der Waals surface area contributed by atoms with Crippen molar-refractivity contribution in [1.29, 1.82) is 0 Å². The molecule has 1 N–H and O–H groups in total. The number of nitrogens with one attached hydrogen (secondary N) is 1. The van der Waals surface area contributed by atoms with Crippen molar-refractivity contribution >= 4 is 11.6 Å². The molecule has 0 aliphatic carbocycles. The monoisotopic (exact) mass is 316 g/mol. The van der Waals surface area contributed by atoms with Gasteiger partial charge in [0.2, 0.25) is 5.82 Å². The molecule has 1 aliphatic heterocycles. The van der Waals surface area contributed by atoms with Crippen LogP contribution in [0.25, 0.3) is 0 Å². The van der Waals surface area contributed by atoms with Crippen LogP contribution in [-0.2, 0) is 0 Å². The number of fused-ring (bicyclic) bond motifs is 1. The summed E-state index contributed by atoms with van der Waals surface area (Å²) in [4.78, 5) is 22.2. The number of para-hydroxylation sites is 1. The Morgan fingerprint density at radius 1 is 1.30 bits per heavy atom. The van der Waals surface area contributed by atoms with Gasteiger partial charge < -0.3 is 10.1 Å². The van der Waals surface area contributed by atoms with Crippen molar-refractivity contribution in [3.63, 3.8) is 0 Å². The molecular weight excluding hydrogens is 303 g/mol. The van der Waals surface area contributed by atoms with Gasteiger partial charge in [0.15, 0.2) is 0 Å². The zero-order chi connectivity index (χ0) is 16.4. The Morgan fingerprint density at radius 3 is 2.87 bits per heavy atom. The smallest absolute Gasteiger partial charge is 0.305 e. The number of carbonyl (C=O) groups is 1. The number of halogens is 1. The van der Waals surface area contributed by atoms with Crippen LogP contribution in [0.4, 0.5) is 10.1 Å². The van der Waals surface area contributed by atoms with Crippen molar-refractivity contribution in [1.82, 2.24) is 5.32 Å². The van der Waals surface area contributed by atoms with Crippen molar-refractivity contribution < 1.29 is 18.8 Å². The van der Waals surface area contributed by atoms with E-state index in [1.165, 1.54) is 6.07 Å². The normalized spacial score (nSPS) is 16.1. The Hall–Kier alpha value is -2.96. The third-order valence-corrected chi connectivity index (χ3v) is 3.67. The molecular formula is C16H13FN2O4. The Labute approximate surface area is 131 Å². The number of nitrogens with zero attached hydrogens (tertiary/aromatic N) is 1. The highest BCUT2D eigenvalue weighted by molar-refractivity contribution is 5.95. The lowest BCUT2D eigenvalue weighted by Gasteiger charge is -2.26. The van der Waals surface area contributed by atoms with Crippen LogP contribution < -0.4 is 10.1 Å². The fourth-order valence-electron chi connectivity index (χ4n) is 2.53. The van der Waals surface area contributed by atoms with Gasteiger partial charge in [-0.2, -0.15) is 4.39 Å². The van der Waals surface area contributed by atoms with E-state index in [1.807, 2.05) is 24.3 Å². The molecule has 118 valence electrons. The lowest BCUT2D eigenvalue weighted by atomic mass is 10.00. The van der Waals surface area contributed by atoms with Crippen LogP contribution in [0.3, 0.4) is 0 Å². The van der Waals surface area contributed by atoms with Crippen molar-refractivity contribution in [3.05, 3.63) is 69.5 Å². The number of carbonyl (C=O) groups excluding carboxylic acids is 1. The van der Waals surface area contributed by atoms with Gasteiger partial charge in [0.05, 0.1) is 17.6 Å². The lowest BCUT2D eigenvalue weighted by Crippen LogP contribution is -2.32. The van der Waals surface area contributed by atoms with E-state index in [0.717, 1.165) is 17.7 Å². The topological polar surface area (TPSA) is 81.5 Å². The average Bonchev–Trinajstić information content (AvgIpc) is 2.55. The summed E-state index contributed by atoms with van der Waals surface area (Å²) in [5, 5.41) is 13.6. The van der Waals surface area contributed by atoms with Crippen LogP contribution in [0.5, 0.6) is 5.75 Å². The molecule has 2 aromatic carbocycles. The molecule has 23 heavy (non-hydrogen) atoms. The van der Waals surface area contributed by atoms with Crippen LogP contribution in [0.2, 0.25) is 0 Å². The highest BCUT2D eigenvalue weighted by Crippen LogP contribution is 2.31. The summed E-state index contributed by atoms with van der Waals surface area (Å²) in [7, 11) is 0. The maximum absolute atomic E-state index is 13.3. The summed E-state index contributed by atoms with van der Waals surface area (Å²) in [5.41, 5.74) is 0.177. The largest absolute Gasteiger partial charge is 0.493 e. The van der Waals surface area contributed by atoms with Crippen LogP contribution >= 0.6 is 0 Å². The molecule has 1 amide bonds. The Bertz CT molecular complexity index is 778. The van der Waals surface area contributed by atoms with E-state index < -0.39 is 22.3 Å². The number of amides is 1. The molecule has 0 fully saturated rings. The SMILES string of the molecule is O=C(N[C@H]1CCOc2ccccc21)c1ccc(F)c([N+](=O)[O-])c1. The zero-order valence-electron chi connectivity index (χ0n) is 12.0. The Balaban J connectivity index is 1.83. The Kier molecular flexibility index (Phi) is 3.92. The maximum Gasteiger partial charge on any atom is 0.305 e. The molecule has 0 aromatic heterocycles. The summed E-state index contributed by atoms with van der Waals surface area (Å²) in [6, 6.07) is 10.2. The van der Waals surface area contributed by atoms with E-state index in [1.54, 1.807) is 0 Å². The first-order valence-corrected chi connectivity index (χ1v) is 7.03. The predicted molar refractivity (Wildman–Crippen MR) is 79.8 cm³/mol. The molecule has 0 radical (unpaired) electrons. The molecule has 0 spiro atoms. The summed E-state index contributed by atoms with van der Waals surface area (Å²) < 4.78 is 18.9. The van der Waals surface area contributed by atoms with E-state index in [-0.39, 0.29) is 11.6 Å². The third-order valence-electron chi connectivity index (χ3n) is 3.67. The fourth-order valence-corrected chi connectivity index (χ4v) is 2.53. The lowest BCUT2D eigenvalue weighted by molar-refractivity contribution is -0.387. The van der Waals surface area contributed by atoms with E-state index in [2.05, 4.69) is 5.32 Å². The van der Waals surface area contributed by atoms with Crippen LogP contribution in [0.15, 0.2) is 42.5 Å². The first-order valence-electron chi connectivity index (χ1n) is 7.03. The van der Waals surface area contributed by atoms with Gasteiger partial charge in [-0.15, -0.1) is 0 Å². The summed E-state index contributed by atoms with van der Waals surface area (Å²) >= 11 is 0. The van der Waals surface area contributed by atoms with Gasteiger partial charge in [-0.3, -0.25) is 14.9 Å². The fraction of sp³-hybridized carbons (Fsp3) is 0.188. The van der Waals surface area contributed by atoms with Crippen molar-refractivity contribution in [2.45, 2.75) is 12.5 Å². The third kappa shape index (κ3) is 2.98. The molecule has 0 unspecified atom stereocenters. The minimum Gasteiger partial charge on any atom is -0.493 e. The number of hydrogen-bond acceptors (Lipinski definition) is 4. The van der Waals surface area contributed by atoms with Gasteiger partial charge in [0.1, 0.15) is 5.75 Å². The quantitative estimate of drug-likeness (QED) is 0.697. The van der Waals surface area contributed by atoms with Gasteiger partial charge >= 0.3 is 5.69 Å². The molecule has 0 saturated heterocycles. The second-order valence-electron chi connectivity index (χ2n) is 5.12. The minimum atomic E-state index is -0.969. The van der Waals surface area contributed by atoms with E-state index >= 15 is 0 Å². The summed E-state index contributed by atoms with van der Waals surface area (Å²) in [6.45, 7) is 0.464. The minimum absolute atomic E-state index is 0.0436. The molecule has 7 heteroatoms. The highest BCUT2D eigenvalue weighted by atomic mass is 19.1. The second kappa shape index (κ2) is 6.04. The van der Waals surface area contributed by atoms with Crippen molar-refractivity contribution in [2.75, 3.05) is 6.61 Å². The molecule has 0 saturated carbocycles. The van der Waals surface area contributed by atoms with E-state index in [4.69, 9.17) is 4.74 Å². The van der Waals surface area contributed by atoms with Crippen molar-refractivity contribution in [3.8, 4) is 5.75 Å². The van der Waals surface area contributed by atoms with Gasteiger partial charge in [0, 0.05) is 23.6 Å². The number of nitro benzene ring substituents is 1. The second-order valence-corrected chi connectivity index (χ2v) is 5.12. The zero-order valence-corrected chi connectivity index (χ0v) is 12.0. The molecule has 6 nitrogen and oxygen atoms in total. The number of benzene rings is 2. The highest BCUT2D eigenvalue weighted by Gasteiger charge is 2.24.